The van der Waals surface area contributed by atoms with E-state index in [1.165, 1.54) is 5.56 Å². The molecule has 1 aromatic rings. The maximum atomic E-state index is 11.0. The molecule has 2 rings (SSSR count). The van der Waals surface area contributed by atoms with E-state index in [2.05, 4.69) is 24.3 Å². The molecule has 5 atom stereocenters. The number of aryl methyl sites for hydroxylation is 1. The molecule has 156 valence electrons. The van der Waals surface area contributed by atoms with Crippen molar-refractivity contribution in [3.05, 3.63) is 48.0 Å². The third-order valence-electron chi connectivity index (χ3n) is 5.94. The number of aliphatic hydroxyl groups excluding tert-OH is 3. The molecule has 0 aliphatic heterocycles. The number of hydrogen-bond donors (Lipinski definition) is 3. The molecule has 1 fully saturated rings. The van der Waals surface area contributed by atoms with Gasteiger partial charge in [-0.2, -0.15) is 0 Å². The summed E-state index contributed by atoms with van der Waals surface area (Å²) < 4.78 is 0. The highest BCUT2D eigenvalue weighted by Gasteiger charge is 2.40. The molecule has 0 saturated heterocycles. The quantitative estimate of drug-likeness (QED) is 0.376. The Bertz CT molecular complexity index is 598. The van der Waals surface area contributed by atoms with Crippen LogP contribution in [0.1, 0.15) is 63.9 Å². The number of allylic oxidation sites excluding steroid dienone is 2. The molecule has 0 aromatic heterocycles. The van der Waals surface area contributed by atoms with Gasteiger partial charge in [0.15, 0.2) is 0 Å². The summed E-state index contributed by atoms with van der Waals surface area (Å²) in [7, 11) is 0. The first-order chi connectivity index (χ1) is 13.5. The molecular weight excluding hydrogens is 352 g/mol. The van der Waals surface area contributed by atoms with Crippen LogP contribution in [0.25, 0.3) is 0 Å². The average Bonchev–Trinajstić information content (AvgIpc) is 2.94. The van der Waals surface area contributed by atoms with Crippen LogP contribution < -0.4 is 0 Å². The number of carbonyl (C=O) groups is 1. The Labute approximate surface area is 169 Å². The van der Waals surface area contributed by atoms with E-state index in [1.54, 1.807) is 6.92 Å². The summed E-state index contributed by atoms with van der Waals surface area (Å²) >= 11 is 0. The van der Waals surface area contributed by atoms with Gasteiger partial charge in [0.2, 0.25) is 0 Å². The fourth-order valence-electron chi connectivity index (χ4n) is 4.25. The topological polar surface area (TPSA) is 77.8 Å². The number of rotatable bonds is 12. The molecule has 4 nitrogen and oxygen atoms in total. The van der Waals surface area contributed by atoms with Crippen LogP contribution in [0.5, 0.6) is 0 Å². The number of unbranched alkanes of at least 4 members (excludes halogenated alkanes) is 1. The number of hydrogen-bond acceptors (Lipinski definition) is 4. The van der Waals surface area contributed by atoms with Crippen molar-refractivity contribution in [2.45, 2.75) is 83.0 Å². The number of ketones is 1. The van der Waals surface area contributed by atoms with Crippen molar-refractivity contribution in [2.75, 3.05) is 0 Å². The molecule has 1 saturated carbocycles. The molecule has 1 aromatic carbocycles. The van der Waals surface area contributed by atoms with Gasteiger partial charge in [-0.25, -0.2) is 0 Å². The molecule has 28 heavy (non-hydrogen) atoms. The van der Waals surface area contributed by atoms with E-state index < -0.39 is 12.2 Å². The second-order valence-electron chi connectivity index (χ2n) is 8.25. The molecule has 0 amide bonds. The van der Waals surface area contributed by atoms with Crippen LogP contribution in [0.3, 0.4) is 0 Å². The van der Waals surface area contributed by atoms with E-state index in [0.29, 0.717) is 19.3 Å². The largest absolute Gasteiger partial charge is 0.393 e. The smallest absolute Gasteiger partial charge is 0.129 e. The molecule has 0 bridgehead atoms. The molecule has 3 N–H and O–H groups in total. The van der Waals surface area contributed by atoms with Crippen LogP contribution in [0.4, 0.5) is 0 Å². The zero-order valence-electron chi connectivity index (χ0n) is 17.0. The van der Waals surface area contributed by atoms with E-state index >= 15 is 0 Å². The van der Waals surface area contributed by atoms with Gasteiger partial charge in [0.25, 0.3) is 0 Å². The molecule has 0 radical (unpaired) electrons. The third kappa shape index (κ3) is 7.86. The minimum atomic E-state index is -0.493. The predicted molar refractivity (Wildman–Crippen MR) is 112 cm³/mol. The molecule has 5 unspecified atom stereocenters. The zero-order valence-corrected chi connectivity index (χ0v) is 17.0. The van der Waals surface area contributed by atoms with Crippen molar-refractivity contribution in [3.8, 4) is 0 Å². The average molecular weight is 389 g/mol. The Balaban J connectivity index is 1.74. The number of carbonyl (C=O) groups excluding carboxylic acids is 1. The first-order valence-electron chi connectivity index (χ1n) is 10.7. The second-order valence-corrected chi connectivity index (χ2v) is 8.25. The molecule has 0 heterocycles. The number of Topliss-reactive ketones (excluding diaryl/α,β-unsaturated/α-hetero) is 1. The number of benzene rings is 1. The van der Waals surface area contributed by atoms with Crippen molar-refractivity contribution >= 4 is 5.78 Å². The first kappa shape index (κ1) is 22.8. The van der Waals surface area contributed by atoms with Crippen LogP contribution in [0.2, 0.25) is 0 Å². The lowest BCUT2D eigenvalue weighted by Gasteiger charge is -2.23. The minimum Gasteiger partial charge on any atom is -0.393 e. The highest BCUT2D eigenvalue weighted by molar-refractivity contribution is 5.75. The Morgan fingerprint density at radius 1 is 1.11 bits per heavy atom. The van der Waals surface area contributed by atoms with Crippen LogP contribution in [-0.2, 0) is 11.2 Å². The fourth-order valence-corrected chi connectivity index (χ4v) is 4.25. The fraction of sp³-hybridized carbons (Fsp3) is 0.625. The lowest BCUT2D eigenvalue weighted by atomic mass is 9.85. The van der Waals surface area contributed by atoms with E-state index in [1.807, 2.05) is 18.2 Å². The summed E-state index contributed by atoms with van der Waals surface area (Å²) in [5.74, 6) is 0.289. The van der Waals surface area contributed by atoms with Gasteiger partial charge >= 0.3 is 0 Å². The van der Waals surface area contributed by atoms with Crippen LogP contribution in [0, 0.1) is 11.8 Å². The Morgan fingerprint density at radius 3 is 2.54 bits per heavy atom. The molecule has 0 spiro atoms. The number of aliphatic hydroxyl groups is 3. The SMILES string of the molecule is CC(=O)CCCC=CCC1C(O)CC(O)C1CCC(O)CCc1ccccc1. The summed E-state index contributed by atoms with van der Waals surface area (Å²) in [6.45, 7) is 1.61. The molecule has 1 aliphatic rings. The normalized spacial score (nSPS) is 26.0. The standard InChI is InChI=1S/C24H36O4/c1-18(25)9-5-2-3-8-12-21-22(24(28)17-23(21)27)16-15-20(26)14-13-19-10-6-4-7-11-19/h3-4,6-8,10-11,20-24,26-28H,2,5,9,12-17H2,1H3. The molecule has 4 heteroatoms. The van der Waals surface area contributed by atoms with E-state index in [0.717, 1.165) is 38.5 Å². The van der Waals surface area contributed by atoms with Gasteiger partial charge < -0.3 is 20.1 Å². The summed E-state index contributed by atoms with van der Waals surface area (Å²) in [5.41, 5.74) is 1.23. The lowest BCUT2D eigenvalue weighted by Crippen LogP contribution is -2.23. The Morgan fingerprint density at radius 2 is 1.82 bits per heavy atom. The van der Waals surface area contributed by atoms with Crippen molar-refractivity contribution in [3.63, 3.8) is 0 Å². The highest BCUT2D eigenvalue weighted by Crippen LogP contribution is 2.38. The van der Waals surface area contributed by atoms with Crippen LogP contribution in [0.15, 0.2) is 42.5 Å². The van der Waals surface area contributed by atoms with Gasteiger partial charge in [0, 0.05) is 6.42 Å². The summed E-state index contributed by atoms with van der Waals surface area (Å²) in [6.07, 6.45) is 9.25. The summed E-state index contributed by atoms with van der Waals surface area (Å²) in [6, 6.07) is 10.2. The minimum absolute atomic E-state index is 0.0308. The Kier molecular flexibility index (Phi) is 9.89. The van der Waals surface area contributed by atoms with Crippen LogP contribution >= 0.6 is 0 Å². The lowest BCUT2D eigenvalue weighted by molar-refractivity contribution is -0.117. The van der Waals surface area contributed by atoms with Gasteiger partial charge in [0.05, 0.1) is 18.3 Å². The molecular formula is C24H36O4. The van der Waals surface area contributed by atoms with E-state index in [9.17, 15) is 20.1 Å². The molecule has 1 aliphatic carbocycles. The summed E-state index contributed by atoms with van der Waals surface area (Å²) in [5, 5.41) is 31.0. The highest BCUT2D eigenvalue weighted by atomic mass is 16.3. The Hall–Kier alpha value is -1.49. The van der Waals surface area contributed by atoms with E-state index in [4.69, 9.17) is 0 Å². The van der Waals surface area contributed by atoms with Crippen LogP contribution in [-0.4, -0.2) is 39.4 Å². The predicted octanol–water partition coefficient (Wildman–Crippen LogP) is 3.82. The monoisotopic (exact) mass is 388 g/mol. The van der Waals surface area contributed by atoms with Gasteiger partial charge in [-0.05, 0) is 75.7 Å². The van der Waals surface area contributed by atoms with Gasteiger partial charge in [-0.3, -0.25) is 0 Å². The van der Waals surface area contributed by atoms with E-state index in [-0.39, 0.29) is 23.7 Å². The van der Waals surface area contributed by atoms with Gasteiger partial charge in [-0.1, -0.05) is 42.5 Å². The van der Waals surface area contributed by atoms with Crippen molar-refractivity contribution < 1.29 is 20.1 Å². The van der Waals surface area contributed by atoms with Gasteiger partial charge in [0.1, 0.15) is 5.78 Å². The summed E-state index contributed by atoms with van der Waals surface area (Å²) in [4.78, 5) is 11.0. The van der Waals surface area contributed by atoms with Gasteiger partial charge in [-0.15, -0.1) is 0 Å². The maximum absolute atomic E-state index is 11.0. The second kappa shape index (κ2) is 12.2. The maximum Gasteiger partial charge on any atom is 0.129 e. The third-order valence-corrected chi connectivity index (χ3v) is 5.94. The zero-order chi connectivity index (χ0) is 20.4. The van der Waals surface area contributed by atoms with Crippen molar-refractivity contribution in [1.82, 2.24) is 0 Å². The van der Waals surface area contributed by atoms with Crippen molar-refractivity contribution in [1.29, 1.82) is 0 Å². The first-order valence-corrected chi connectivity index (χ1v) is 10.7. The van der Waals surface area contributed by atoms with Crippen molar-refractivity contribution in [2.24, 2.45) is 11.8 Å².